The van der Waals surface area contributed by atoms with Crippen LogP contribution >= 0.6 is 21.6 Å². The minimum atomic E-state index is -0.515. The first-order chi connectivity index (χ1) is 15.1. The van der Waals surface area contributed by atoms with Crippen LogP contribution in [0.2, 0.25) is 0 Å². The summed E-state index contributed by atoms with van der Waals surface area (Å²) in [6, 6.07) is 12.4. The molecule has 31 heavy (non-hydrogen) atoms. The van der Waals surface area contributed by atoms with Crippen molar-refractivity contribution < 1.29 is 19.1 Å². The maximum Gasteiger partial charge on any atom is 0.306 e. The predicted octanol–water partition coefficient (Wildman–Crippen LogP) is 5.34. The van der Waals surface area contributed by atoms with Gasteiger partial charge in [0, 0.05) is 34.1 Å². The van der Waals surface area contributed by atoms with E-state index in [9.17, 15) is 14.4 Å². The van der Waals surface area contributed by atoms with Crippen LogP contribution < -0.4 is 0 Å². The maximum absolute atomic E-state index is 12.5. The van der Waals surface area contributed by atoms with Crippen LogP contribution in [0.25, 0.3) is 11.1 Å². The van der Waals surface area contributed by atoms with Gasteiger partial charge in [0.25, 0.3) is 0 Å². The predicted molar refractivity (Wildman–Crippen MR) is 125 cm³/mol. The van der Waals surface area contributed by atoms with E-state index in [4.69, 9.17) is 4.74 Å². The zero-order chi connectivity index (χ0) is 21.6. The molecule has 1 saturated heterocycles. The Hall–Kier alpha value is -2.49. The molecule has 1 atom stereocenters. The third-order valence-corrected chi connectivity index (χ3v) is 8.36. The first-order valence-electron chi connectivity index (χ1n) is 10.4. The lowest BCUT2D eigenvalue weighted by Gasteiger charge is -2.17. The monoisotopic (exact) mass is 450 g/mol. The Morgan fingerprint density at radius 2 is 1.77 bits per heavy atom. The van der Waals surface area contributed by atoms with Crippen LogP contribution in [0, 0.1) is 11.8 Å². The number of ether oxygens (including phenoxy) is 1. The van der Waals surface area contributed by atoms with Gasteiger partial charge >= 0.3 is 5.97 Å². The van der Waals surface area contributed by atoms with Gasteiger partial charge in [-0.3, -0.25) is 14.4 Å². The zero-order valence-electron chi connectivity index (χ0n) is 17.0. The molecule has 1 aliphatic carbocycles. The van der Waals surface area contributed by atoms with Crippen molar-refractivity contribution in [3.05, 3.63) is 59.2 Å². The SMILES string of the molecule is O=C(CCCCC1CCSS1)OCC#Cc1ccc2c(c1)C(=O)C(=O)c1ccccc1-2. The summed E-state index contributed by atoms with van der Waals surface area (Å²) in [5.41, 5.74) is 2.92. The Balaban J connectivity index is 1.30. The third-order valence-electron chi connectivity index (χ3n) is 5.35. The summed E-state index contributed by atoms with van der Waals surface area (Å²) in [7, 11) is 3.90. The van der Waals surface area contributed by atoms with E-state index in [2.05, 4.69) is 11.8 Å². The Labute approximate surface area is 189 Å². The minimum absolute atomic E-state index is 0.0146. The highest BCUT2D eigenvalue weighted by atomic mass is 33.1. The topological polar surface area (TPSA) is 60.4 Å². The molecule has 0 aromatic heterocycles. The van der Waals surface area contributed by atoms with Crippen molar-refractivity contribution in [3.8, 4) is 23.0 Å². The first kappa shape index (κ1) is 21.7. The molecule has 158 valence electrons. The van der Waals surface area contributed by atoms with Gasteiger partial charge in [-0.15, -0.1) is 0 Å². The number of Topliss-reactive ketones (excluding diaryl/α,β-unsaturated/α-hetero) is 2. The number of benzene rings is 2. The van der Waals surface area contributed by atoms with Crippen LogP contribution in [0.5, 0.6) is 0 Å². The van der Waals surface area contributed by atoms with E-state index in [0.29, 0.717) is 23.1 Å². The number of carbonyl (C=O) groups is 3. The minimum Gasteiger partial charge on any atom is -0.452 e. The molecule has 0 saturated carbocycles. The summed E-state index contributed by atoms with van der Waals surface area (Å²) in [6.45, 7) is 0.0146. The lowest BCUT2D eigenvalue weighted by atomic mass is 9.83. The standard InChI is InChI=1S/C25H22O4S2/c26-23(10-4-1-7-18-13-15-30-31-18)29-14-5-6-17-11-12-20-19-8-2-3-9-21(19)24(27)25(28)22(20)16-17/h2-3,8-9,11-12,16,18H,1,4,7,10,13-15H2. The van der Waals surface area contributed by atoms with Gasteiger partial charge < -0.3 is 4.74 Å². The molecule has 1 unspecified atom stereocenters. The van der Waals surface area contributed by atoms with Gasteiger partial charge in [-0.05, 0) is 42.5 Å². The van der Waals surface area contributed by atoms with E-state index in [-0.39, 0.29) is 12.6 Å². The molecule has 1 fully saturated rings. The Kier molecular flexibility index (Phi) is 7.16. The molecule has 1 heterocycles. The normalized spacial score (nSPS) is 16.8. The highest BCUT2D eigenvalue weighted by Crippen LogP contribution is 2.40. The van der Waals surface area contributed by atoms with Crippen molar-refractivity contribution >= 4 is 39.1 Å². The number of unbranched alkanes of at least 4 members (excludes halogenated alkanes) is 1. The molecule has 2 aromatic rings. The van der Waals surface area contributed by atoms with Gasteiger partial charge in [0.1, 0.15) is 0 Å². The number of hydrogen-bond acceptors (Lipinski definition) is 6. The number of carbonyl (C=O) groups excluding carboxylic acids is 3. The summed E-state index contributed by atoms with van der Waals surface area (Å²) in [5, 5.41) is 0.735. The first-order valence-corrected chi connectivity index (χ1v) is 12.8. The molecular weight excluding hydrogens is 428 g/mol. The van der Waals surface area contributed by atoms with E-state index in [0.717, 1.165) is 35.6 Å². The number of hydrogen-bond donors (Lipinski definition) is 0. The number of fused-ring (bicyclic) bond motifs is 3. The summed E-state index contributed by atoms with van der Waals surface area (Å²) in [4.78, 5) is 36.7. The molecule has 0 N–H and O–H groups in total. The van der Waals surface area contributed by atoms with Crippen LogP contribution in [-0.2, 0) is 9.53 Å². The van der Waals surface area contributed by atoms with Gasteiger partial charge in [-0.2, -0.15) is 0 Å². The van der Waals surface area contributed by atoms with Crippen molar-refractivity contribution in [2.24, 2.45) is 0 Å². The molecule has 2 aliphatic rings. The zero-order valence-corrected chi connectivity index (χ0v) is 18.7. The van der Waals surface area contributed by atoms with Crippen molar-refractivity contribution in [2.45, 2.75) is 37.4 Å². The van der Waals surface area contributed by atoms with E-state index in [1.807, 2.05) is 45.9 Å². The molecule has 0 spiro atoms. The van der Waals surface area contributed by atoms with Gasteiger partial charge in [0.05, 0.1) is 0 Å². The lowest BCUT2D eigenvalue weighted by molar-refractivity contribution is -0.142. The molecule has 0 bridgehead atoms. The van der Waals surface area contributed by atoms with Gasteiger partial charge in [0.15, 0.2) is 6.61 Å². The van der Waals surface area contributed by atoms with Crippen LogP contribution in [0.4, 0.5) is 0 Å². The summed E-state index contributed by atoms with van der Waals surface area (Å²) >= 11 is 0. The van der Waals surface area contributed by atoms with Gasteiger partial charge in [-0.1, -0.05) is 70.2 Å². The summed E-state index contributed by atoms with van der Waals surface area (Å²) in [6.07, 6.45) is 4.74. The molecular formula is C25H22O4S2. The maximum atomic E-state index is 12.5. The van der Waals surface area contributed by atoms with Gasteiger partial charge in [0.2, 0.25) is 11.6 Å². The average molecular weight is 451 g/mol. The second-order valence-corrected chi connectivity index (χ2v) is 10.3. The number of rotatable bonds is 6. The van der Waals surface area contributed by atoms with Crippen LogP contribution in [-0.4, -0.2) is 35.1 Å². The largest absolute Gasteiger partial charge is 0.452 e. The van der Waals surface area contributed by atoms with Gasteiger partial charge in [-0.25, -0.2) is 0 Å². The average Bonchev–Trinajstić information content (AvgIpc) is 3.31. The van der Waals surface area contributed by atoms with Crippen molar-refractivity contribution in [1.29, 1.82) is 0 Å². The second-order valence-electron chi connectivity index (χ2n) is 7.50. The van der Waals surface area contributed by atoms with Crippen molar-refractivity contribution in [1.82, 2.24) is 0 Å². The molecule has 4 rings (SSSR count). The lowest BCUT2D eigenvalue weighted by Crippen LogP contribution is -2.21. The third kappa shape index (κ3) is 5.23. The smallest absolute Gasteiger partial charge is 0.306 e. The van der Waals surface area contributed by atoms with E-state index >= 15 is 0 Å². The molecule has 0 amide bonds. The Bertz CT molecular complexity index is 1070. The number of esters is 1. The quantitative estimate of drug-likeness (QED) is 0.195. The molecule has 6 heteroatoms. The van der Waals surface area contributed by atoms with Crippen molar-refractivity contribution in [2.75, 3.05) is 12.4 Å². The summed E-state index contributed by atoms with van der Waals surface area (Å²) in [5.74, 6) is 5.74. The van der Waals surface area contributed by atoms with Crippen LogP contribution in [0.1, 0.15) is 58.4 Å². The fourth-order valence-electron chi connectivity index (χ4n) is 3.74. The van der Waals surface area contributed by atoms with E-state index < -0.39 is 11.6 Å². The molecule has 2 aromatic carbocycles. The van der Waals surface area contributed by atoms with Crippen LogP contribution in [0.15, 0.2) is 42.5 Å². The van der Waals surface area contributed by atoms with Crippen LogP contribution in [0.3, 0.4) is 0 Å². The second kappa shape index (κ2) is 10.2. The molecule has 1 aliphatic heterocycles. The summed E-state index contributed by atoms with van der Waals surface area (Å²) < 4.78 is 5.19. The van der Waals surface area contributed by atoms with Crippen molar-refractivity contribution in [3.63, 3.8) is 0 Å². The fourth-order valence-corrected chi connectivity index (χ4v) is 6.77. The highest BCUT2D eigenvalue weighted by molar-refractivity contribution is 8.77. The Morgan fingerprint density at radius 3 is 2.58 bits per heavy atom. The van der Waals surface area contributed by atoms with E-state index in [1.54, 1.807) is 18.2 Å². The highest BCUT2D eigenvalue weighted by Gasteiger charge is 2.29. The molecule has 4 nitrogen and oxygen atoms in total. The molecule has 0 radical (unpaired) electrons. The van der Waals surface area contributed by atoms with E-state index in [1.165, 1.54) is 12.2 Å². The number of ketones is 2. The Morgan fingerprint density at radius 1 is 1.00 bits per heavy atom. The fraction of sp³-hybridized carbons (Fsp3) is 0.320.